The van der Waals surface area contributed by atoms with E-state index in [-0.39, 0.29) is 11.7 Å². The molecule has 0 unspecified atom stereocenters. The van der Waals surface area contributed by atoms with Crippen molar-refractivity contribution in [1.82, 2.24) is 15.5 Å². The highest BCUT2D eigenvalue weighted by Gasteiger charge is 2.06. The number of amides is 1. The van der Waals surface area contributed by atoms with Crippen molar-refractivity contribution in [3.63, 3.8) is 0 Å². The molecule has 0 saturated heterocycles. The standard InChI is InChI=1S/C26H23FN4O/c27-22-10-4-9-21(18-22)24-15-16-25(31-30-24)29-23-13-11-20(12-14-23)26(32)28-17-5-8-19-6-2-1-3-7-19/h1-4,6-7,9-16,18H,5,8,17H2,(H,28,32)(H,29,31). The van der Waals surface area contributed by atoms with Crippen LogP contribution in [0.1, 0.15) is 22.3 Å². The molecule has 0 saturated carbocycles. The average molecular weight is 426 g/mol. The van der Waals surface area contributed by atoms with Crippen molar-refractivity contribution in [2.24, 2.45) is 0 Å². The predicted molar refractivity (Wildman–Crippen MR) is 124 cm³/mol. The second-order valence-electron chi connectivity index (χ2n) is 7.36. The van der Waals surface area contributed by atoms with Crippen LogP contribution in [0.3, 0.4) is 0 Å². The zero-order valence-corrected chi connectivity index (χ0v) is 17.5. The molecule has 1 heterocycles. The van der Waals surface area contributed by atoms with Gasteiger partial charge in [0.15, 0.2) is 5.82 Å². The number of aryl methyl sites for hydroxylation is 1. The first-order chi connectivity index (χ1) is 15.7. The van der Waals surface area contributed by atoms with E-state index in [1.807, 2.05) is 30.3 Å². The Labute approximate surface area is 186 Å². The summed E-state index contributed by atoms with van der Waals surface area (Å²) in [6.45, 7) is 0.626. The number of benzene rings is 3. The van der Waals surface area contributed by atoms with Gasteiger partial charge in [0.05, 0.1) is 5.69 Å². The second-order valence-corrected chi connectivity index (χ2v) is 7.36. The van der Waals surface area contributed by atoms with Crippen molar-refractivity contribution in [3.05, 3.63) is 108 Å². The zero-order chi connectivity index (χ0) is 22.2. The zero-order valence-electron chi connectivity index (χ0n) is 17.5. The largest absolute Gasteiger partial charge is 0.352 e. The summed E-state index contributed by atoms with van der Waals surface area (Å²) in [6, 6.07) is 27.2. The van der Waals surface area contributed by atoms with Crippen LogP contribution >= 0.6 is 0 Å². The van der Waals surface area contributed by atoms with Crippen LogP contribution in [0, 0.1) is 5.82 Å². The van der Waals surface area contributed by atoms with Crippen molar-refractivity contribution in [1.29, 1.82) is 0 Å². The van der Waals surface area contributed by atoms with E-state index < -0.39 is 0 Å². The first-order valence-electron chi connectivity index (χ1n) is 10.5. The summed E-state index contributed by atoms with van der Waals surface area (Å²) < 4.78 is 13.4. The van der Waals surface area contributed by atoms with Gasteiger partial charge >= 0.3 is 0 Å². The molecule has 4 aromatic rings. The molecule has 32 heavy (non-hydrogen) atoms. The highest BCUT2D eigenvalue weighted by atomic mass is 19.1. The second kappa shape index (κ2) is 10.3. The molecular formula is C26H23FN4O. The average Bonchev–Trinajstić information content (AvgIpc) is 2.83. The maximum atomic E-state index is 13.4. The molecule has 0 bridgehead atoms. The van der Waals surface area contributed by atoms with Gasteiger partial charge in [0.1, 0.15) is 5.82 Å². The van der Waals surface area contributed by atoms with Crippen LogP contribution in [-0.2, 0) is 6.42 Å². The van der Waals surface area contributed by atoms with E-state index >= 15 is 0 Å². The summed E-state index contributed by atoms with van der Waals surface area (Å²) in [5.74, 6) is 0.152. The van der Waals surface area contributed by atoms with E-state index in [2.05, 4.69) is 33.0 Å². The molecule has 0 aliphatic heterocycles. The third-order valence-electron chi connectivity index (χ3n) is 4.98. The molecule has 0 aliphatic carbocycles. The van der Waals surface area contributed by atoms with Gasteiger partial charge in [0, 0.05) is 23.4 Å². The molecule has 1 aromatic heterocycles. The number of halogens is 1. The minimum Gasteiger partial charge on any atom is -0.352 e. The van der Waals surface area contributed by atoms with Crippen molar-refractivity contribution in [2.75, 3.05) is 11.9 Å². The Kier molecular flexibility index (Phi) is 6.82. The third-order valence-corrected chi connectivity index (χ3v) is 4.98. The third kappa shape index (κ3) is 5.76. The minimum atomic E-state index is -0.313. The molecule has 2 N–H and O–H groups in total. The number of nitrogens with one attached hydrogen (secondary N) is 2. The SMILES string of the molecule is O=C(NCCCc1ccccc1)c1ccc(Nc2ccc(-c3cccc(F)c3)nn2)cc1. The topological polar surface area (TPSA) is 66.9 Å². The first-order valence-corrected chi connectivity index (χ1v) is 10.5. The van der Waals surface area contributed by atoms with Crippen LogP contribution in [0.25, 0.3) is 11.3 Å². The Bertz CT molecular complexity index is 1160. The summed E-state index contributed by atoms with van der Waals surface area (Å²) in [7, 11) is 0. The monoisotopic (exact) mass is 426 g/mol. The van der Waals surface area contributed by atoms with Crippen LogP contribution in [0.4, 0.5) is 15.9 Å². The lowest BCUT2D eigenvalue weighted by atomic mass is 10.1. The van der Waals surface area contributed by atoms with Crippen LogP contribution in [0.2, 0.25) is 0 Å². The first kappa shape index (κ1) is 21.2. The molecule has 5 nitrogen and oxygen atoms in total. The van der Waals surface area contributed by atoms with Crippen LogP contribution < -0.4 is 10.6 Å². The summed E-state index contributed by atoms with van der Waals surface area (Å²) in [5, 5.41) is 14.4. The number of carbonyl (C=O) groups is 1. The van der Waals surface area contributed by atoms with Crippen LogP contribution in [0.15, 0.2) is 91.0 Å². The maximum Gasteiger partial charge on any atom is 0.251 e. The normalized spacial score (nSPS) is 10.5. The Balaban J connectivity index is 1.28. The lowest BCUT2D eigenvalue weighted by molar-refractivity contribution is 0.0953. The molecule has 160 valence electrons. The molecule has 0 aliphatic rings. The molecule has 0 spiro atoms. The molecule has 1 amide bonds. The molecule has 0 atom stereocenters. The molecule has 0 fully saturated rings. The van der Waals surface area contributed by atoms with E-state index in [0.717, 1.165) is 18.5 Å². The van der Waals surface area contributed by atoms with E-state index in [0.29, 0.717) is 29.2 Å². The summed E-state index contributed by atoms with van der Waals surface area (Å²) >= 11 is 0. The number of hydrogen-bond donors (Lipinski definition) is 2. The van der Waals surface area contributed by atoms with E-state index in [9.17, 15) is 9.18 Å². The van der Waals surface area contributed by atoms with Gasteiger partial charge in [-0.2, -0.15) is 0 Å². The van der Waals surface area contributed by atoms with Crippen molar-refractivity contribution >= 4 is 17.4 Å². The Morgan fingerprint density at radius 2 is 1.66 bits per heavy atom. The number of rotatable bonds is 8. The van der Waals surface area contributed by atoms with Gasteiger partial charge in [-0.05, 0) is 66.9 Å². The van der Waals surface area contributed by atoms with Crippen molar-refractivity contribution < 1.29 is 9.18 Å². The van der Waals surface area contributed by atoms with Gasteiger partial charge < -0.3 is 10.6 Å². The summed E-state index contributed by atoms with van der Waals surface area (Å²) in [6.07, 6.45) is 1.82. The fourth-order valence-corrected chi connectivity index (χ4v) is 3.29. The van der Waals surface area contributed by atoms with Crippen LogP contribution in [-0.4, -0.2) is 22.6 Å². The number of nitrogens with zero attached hydrogens (tertiary/aromatic N) is 2. The molecule has 6 heteroatoms. The predicted octanol–water partition coefficient (Wildman–Crippen LogP) is 5.39. The van der Waals surface area contributed by atoms with Gasteiger partial charge in [-0.1, -0.05) is 42.5 Å². The minimum absolute atomic E-state index is 0.0937. The highest BCUT2D eigenvalue weighted by Crippen LogP contribution is 2.20. The Morgan fingerprint density at radius 1 is 0.844 bits per heavy atom. The number of hydrogen-bond acceptors (Lipinski definition) is 4. The van der Waals surface area contributed by atoms with Gasteiger partial charge in [-0.25, -0.2) is 4.39 Å². The molecule has 0 radical (unpaired) electrons. The lowest BCUT2D eigenvalue weighted by Crippen LogP contribution is -2.24. The molecular weight excluding hydrogens is 403 g/mol. The smallest absolute Gasteiger partial charge is 0.251 e. The number of aromatic nitrogens is 2. The van der Waals surface area contributed by atoms with Gasteiger partial charge in [0.2, 0.25) is 0 Å². The summed E-state index contributed by atoms with van der Waals surface area (Å²) in [5.41, 5.74) is 3.92. The maximum absolute atomic E-state index is 13.4. The highest BCUT2D eigenvalue weighted by molar-refractivity contribution is 5.94. The number of carbonyl (C=O) groups excluding carboxylic acids is 1. The fourth-order valence-electron chi connectivity index (χ4n) is 3.29. The number of anilines is 2. The van der Waals surface area contributed by atoms with Crippen molar-refractivity contribution in [2.45, 2.75) is 12.8 Å². The van der Waals surface area contributed by atoms with E-state index in [1.54, 1.807) is 36.4 Å². The summed E-state index contributed by atoms with van der Waals surface area (Å²) in [4.78, 5) is 12.3. The lowest BCUT2D eigenvalue weighted by Gasteiger charge is -2.08. The van der Waals surface area contributed by atoms with Crippen molar-refractivity contribution in [3.8, 4) is 11.3 Å². The molecule has 4 rings (SSSR count). The van der Waals surface area contributed by atoms with Gasteiger partial charge in [0.25, 0.3) is 5.91 Å². The fraction of sp³-hybridized carbons (Fsp3) is 0.115. The Hall–Kier alpha value is -4.06. The Morgan fingerprint density at radius 3 is 2.38 bits per heavy atom. The van der Waals surface area contributed by atoms with Gasteiger partial charge in [-0.3, -0.25) is 4.79 Å². The molecule has 3 aromatic carbocycles. The van der Waals surface area contributed by atoms with Crippen LogP contribution in [0.5, 0.6) is 0 Å². The van der Waals surface area contributed by atoms with E-state index in [1.165, 1.54) is 17.7 Å². The van der Waals surface area contributed by atoms with E-state index in [4.69, 9.17) is 0 Å². The van der Waals surface area contributed by atoms with Gasteiger partial charge in [-0.15, -0.1) is 10.2 Å². The quantitative estimate of drug-likeness (QED) is 0.371.